The number of ether oxygens (including phenoxy) is 1. The lowest BCUT2D eigenvalue weighted by Crippen LogP contribution is -2.52. The van der Waals surface area contributed by atoms with Crippen LogP contribution in [-0.2, 0) is 4.74 Å². The third-order valence-electron chi connectivity index (χ3n) is 5.74. The van der Waals surface area contributed by atoms with Crippen LogP contribution in [0.4, 0.5) is 10.5 Å². The summed E-state index contributed by atoms with van der Waals surface area (Å²) in [5.74, 6) is 1.28. The van der Waals surface area contributed by atoms with Crippen LogP contribution >= 0.6 is 0 Å². The lowest BCUT2D eigenvalue weighted by Gasteiger charge is -2.40. The summed E-state index contributed by atoms with van der Waals surface area (Å²) in [5, 5.41) is 4.06. The molecule has 1 aliphatic heterocycles. The summed E-state index contributed by atoms with van der Waals surface area (Å²) in [6, 6.07) is 7.80. The lowest BCUT2D eigenvalue weighted by atomic mass is 9.89. The number of amides is 1. The first-order valence-corrected chi connectivity index (χ1v) is 10.4. The van der Waals surface area contributed by atoms with Gasteiger partial charge in [0.2, 0.25) is 0 Å². The van der Waals surface area contributed by atoms with Gasteiger partial charge in [0.1, 0.15) is 5.60 Å². The number of fused-ring (bicyclic) bond motifs is 1. The van der Waals surface area contributed by atoms with E-state index >= 15 is 0 Å². The van der Waals surface area contributed by atoms with E-state index in [-0.39, 0.29) is 12.1 Å². The van der Waals surface area contributed by atoms with Gasteiger partial charge in [0, 0.05) is 35.9 Å². The highest BCUT2D eigenvalue weighted by Crippen LogP contribution is 2.42. The summed E-state index contributed by atoms with van der Waals surface area (Å²) in [5.41, 5.74) is 1.88. The first-order valence-electron chi connectivity index (χ1n) is 10.4. The van der Waals surface area contributed by atoms with Crippen LogP contribution in [0.25, 0.3) is 10.9 Å². The normalized spacial score (nSPS) is 22.4. The minimum absolute atomic E-state index is 0.0293. The van der Waals surface area contributed by atoms with Crippen LogP contribution in [0.15, 0.2) is 30.5 Å². The van der Waals surface area contributed by atoms with Crippen LogP contribution in [0, 0.1) is 11.8 Å². The Kier molecular flexibility index (Phi) is 5.19. The highest BCUT2D eigenvalue weighted by atomic mass is 16.6. The van der Waals surface area contributed by atoms with Gasteiger partial charge in [-0.2, -0.15) is 0 Å². The number of carbonyl (C=O) groups is 2. The van der Waals surface area contributed by atoms with Crippen molar-refractivity contribution < 1.29 is 14.3 Å². The van der Waals surface area contributed by atoms with E-state index < -0.39 is 5.60 Å². The molecule has 29 heavy (non-hydrogen) atoms. The number of aldehydes is 1. The minimum Gasteiger partial charge on any atom is -0.444 e. The number of pyridine rings is 1. The molecule has 1 saturated carbocycles. The summed E-state index contributed by atoms with van der Waals surface area (Å²) in [6.07, 6.45) is 5.73. The standard InChI is InChI=1S/C23H29N3O3/c1-23(2,3)29-22(28)25-18-11-17(15-6-7-15)12-26(13-18)20-9-8-16(14-27)21-19(20)5-4-10-24-21/h4-5,8-10,14-15,17-18H,6-7,11-13H2,1-3H3,(H,25,28)/t17-,18+/m0/s1. The molecule has 1 aliphatic carbocycles. The summed E-state index contributed by atoms with van der Waals surface area (Å²) in [4.78, 5) is 30.6. The van der Waals surface area contributed by atoms with Gasteiger partial charge in [-0.1, -0.05) is 0 Å². The van der Waals surface area contributed by atoms with Crippen LogP contribution in [0.2, 0.25) is 0 Å². The molecule has 2 aromatic rings. The van der Waals surface area contributed by atoms with Crippen molar-refractivity contribution in [3.63, 3.8) is 0 Å². The van der Waals surface area contributed by atoms with E-state index in [1.54, 1.807) is 6.20 Å². The number of rotatable bonds is 4. The Morgan fingerprint density at radius 2 is 2.00 bits per heavy atom. The highest BCUT2D eigenvalue weighted by molar-refractivity contribution is 6.01. The summed E-state index contributed by atoms with van der Waals surface area (Å²) >= 11 is 0. The number of hydrogen-bond acceptors (Lipinski definition) is 5. The molecule has 1 aromatic carbocycles. The molecule has 1 saturated heterocycles. The van der Waals surface area contributed by atoms with E-state index in [4.69, 9.17) is 4.74 Å². The van der Waals surface area contributed by atoms with Crippen LogP contribution in [0.3, 0.4) is 0 Å². The van der Waals surface area contributed by atoms with Crippen molar-refractivity contribution >= 4 is 29.0 Å². The van der Waals surface area contributed by atoms with Crippen LogP contribution in [-0.4, -0.2) is 42.1 Å². The molecule has 154 valence electrons. The summed E-state index contributed by atoms with van der Waals surface area (Å²) in [6.45, 7) is 7.30. The predicted molar refractivity (Wildman–Crippen MR) is 113 cm³/mol. The van der Waals surface area contributed by atoms with Crippen LogP contribution in [0.5, 0.6) is 0 Å². The van der Waals surface area contributed by atoms with E-state index in [9.17, 15) is 9.59 Å². The third-order valence-corrected chi connectivity index (χ3v) is 5.74. The van der Waals surface area contributed by atoms with Gasteiger partial charge >= 0.3 is 6.09 Å². The molecule has 1 N–H and O–H groups in total. The molecule has 2 atom stereocenters. The second kappa shape index (κ2) is 7.65. The molecular weight excluding hydrogens is 366 g/mol. The van der Waals surface area contributed by atoms with E-state index in [2.05, 4.69) is 15.2 Å². The van der Waals surface area contributed by atoms with Crippen molar-refractivity contribution in [3.8, 4) is 0 Å². The van der Waals surface area contributed by atoms with Crippen molar-refractivity contribution in [2.75, 3.05) is 18.0 Å². The molecular formula is C23H29N3O3. The maximum absolute atomic E-state index is 12.4. The molecule has 6 nitrogen and oxygen atoms in total. The monoisotopic (exact) mass is 395 g/mol. The molecule has 0 spiro atoms. The highest BCUT2D eigenvalue weighted by Gasteiger charge is 2.38. The van der Waals surface area contributed by atoms with Gasteiger partial charge < -0.3 is 15.0 Å². The van der Waals surface area contributed by atoms with Gasteiger partial charge in [-0.3, -0.25) is 9.78 Å². The van der Waals surface area contributed by atoms with Crippen LogP contribution in [0.1, 0.15) is 50.4 Å². The fraction of sp³-hybridized carbons (Fsp3) is 0.522. The summed E-state index contributed by atoms with van der Waals surface area (Å²) < 4.78 is 5.48. The first kappa shape index (κ1) is 19.7. The van der Waals surface area contributed by atoms with E-state index in [0.29, 0.717) is 18.0 Å². The van der Waals surface area contributed by atoms with Crippen molar-refractivity contribution in [2.45, 2.75) is 51.7 Å². The molecule has 2 aliphatic rings. The van der Waals surface area contributed by atoms with E-state index in [0.717, 1.165) is 41.8 Å². The Bertz CT molecular complexity index is 917. The largest absolute Gasteiger partial charge is 0.444 e. The molecule has 2 heterocycles. The summed E-state index contributed by atoms with van der Waals surface area (Å²) in [7, 11) is 0. The minimum atomic E-state index is -0.513. The second-order valence-corrected chi connectivity index (χ2v) is 9.27. The number of anilines is 1. The van der Waals surface area contributed by atoms with E-state index in [1.807, 2.05) is 45.0 Å². The van der Waals surface area contributed by atoms with E-state index in [1.165, 1.54) is 12.8 Å². The Labute approximate surface area is 171 Å². The lowest BCUT2D eigenvalue weighted by molar-refractivity contribution is 0.0492. The van der Waals surface area contributed by atoms with Gasteiger partial charge in [0.05, 0.1) is 11.6 Å². The number of benzene rings is 1. The number of aromatic nitrogens is 1. The van der Waals surface area contributed by atoms with Crippen molar-refractivity contribution in [1.29, 1.82) is 0 Å². The predicted octanol–water partition coefficient (Wildman–Crippen LogP) is 4.18. The van der Waals surface area contributed by atoms with Crippen LogP contribution < -0.4 is 10.2 Å². The number of hydrogen-bond donors (Lipinski definition) is 1. The zero-order chi connectivity index (χ0) is 20.6. The SMILES string of the molecule is CC(C)(C)OC(=O)N[C@@H]1C[C@H](C2CC2)CN(c2ccc(C=O)c3ncccc23)C1. The first-order chi connectivity index (χ1) is 13.8. The average Bonchev–Trinajstić information content (AvgIpc) is 3.50. The number of piperidine rings is 1. The zero-order valence-corrected chi connectivity index (χ0v) is 17.4. The number of nitrogens with one attached hydrogen (secondary N) is 1. The molecule has 6 heteroatoms. The van der Waals surface area contributed by atoms with Gasteiger partial charge in [-0.15, -0.1) is 0 Å². The molecule has 0 unspecified atom stereocenters. The van der Waals surface area contributed by atoms with Crippen molar-refractivity contribution in [3.05, 3.63) is 36.0 Å². The zero-order valence-electron chi connectivity index (χ0n) is 17.4. The smallest absolute Gasteiger partial charge is 0.407 e. The van der Waals surface area contributed by atoms with Gasteiger partial charge in [0.15, 0.2) is 6.29 Å². The Balaban J connectivity index is 1.60. The van der Waals surface area contributed by atoms with Gasteiger partial charge in [-0.25, -0.2) is 4.79 Å². The second-order valence-electron chi connectivity index (χ2n) is 9.27. The average molecular weight is 396 g/mol. The van der Waals surface area contributed by atoms with Gasteiger partial charge in [0.25, 0.3) is 0 Å². The Morgan fingerprint density at radius 1 is 1.21 bits per heavy atom. The maximum atomic E-state index is 12.4. The number of alkyl carbamates (subject to hydrolysis) is 1. The number of carbonyl (C=O) groups excluding carboxylic acids is 2. The topological polar surface area (TPSA) is 71.5 Å². The number of nitrogens with zero attached hydrogens (tertiary/aromatic N) is 2. The maximum Gasteiger partial charge on any atom is 0.407 e. The molecule has 1 aromatic heterocycles. The van der Waals surface area contributed by atoms with Crippen molar-refractivity contribution in [1.82, 2.24) is 10.3 Å². The molecule has 2 fully saturated rings. The molecule has 1 amide bonds. The Hall–Kier alpha value is -2.63. The fourth-order valence-corrected chi connectivity index (χ4v) is 4.37. The van der Waals surface area contributed by atoms with Crippen molar-refractivity contribution in [2.24, 2.45) is 11.8 Å². The molecule has 0 bridgehead atoms. The fourth-order valence-electron chi connectivity index (χ4n) is 4.37. The molecule has 4 rings (SSSR count). The van der Waals surface area contributed by atoms with Gasteiger partial charge in [-0.05, 0) is 76.1 Å². The Morgan fingerprint density at radius 3 is 2.69 bits per heavy atom. The molecule has 0 radical (unpaired) electrons. The quantitative estimate of drug-likeness (QED) is 0.787. The third kappa shape index (κ3) is 4.52.